The van der Waals surface area contributed by atoms with E-state index in [0.717, 1.165) is 12.1 Å². The summed E-state index contributed by atoms with van der Waals surface area (Å²) in [5.74, 6) is -5.78. The molecule has 6 nitrogen and oxygen atoms in total. The van der Waals surface area contributed by atoms with Crippen LogP contribution in [0, 0.1) is 22.9 Å². The van der Waals surface area contributed by atoms with E-state index in [2.05, 4.69) is 10.6 Å². The van der Waals surface area contributed by atoms with Gasteiger partial charge in [-0.05, 0) is 55.2 Å². The van der Waals surface area contributed by atoms with Crippen LogP contribution in [0.2, 0.25) is 5.02 Å². The molecule has 0 unspecified atom stereocenters. The topological polar surface area (TPSA) is 87.7 Å². The minimum absolute atomic E-state index is 0.000147. The first kappa shape index (κ1) is 27.9. The first-order valence-electron chi connectivity index (χ1n) is 13.2. The number of halogens is 4. The van der Waals surface area contributed by atoms with Crippen LogP contribution in [-0.4, -0.2) is 41.2 Å². The second-order valence-corrected chi connectivity index (χ2v) is 12.5. The van der Waals surface area contributed by atoms with Gasteiger partial charge in [-0.2, -0.15) is 0 Å². The third-order valence-corrected chi connectivity index (χ3v) is 8.51. The molecule has 1 amide bonds. The summed E-state index contributed by atoms with van der Waals surface area (Å²) in [6.45, 7) is 5.85. The number of aliphatic hydroxyl groups is 1. The first-order chi connectivity index (χ1) is 18.3. The number of amides is 1. The second-order valence-electron chi connectivity index (χ2n) is 12.1. The van der Waals surface area contributed by atoms with Crippen molar-refractivity contribution in [2.75, 3.05) is 0 Å². The maximum atomic E-state index is 15.7. The number of carbonyl (C=O) groups excluding carboxylic acids is 2. The van der Waals surface area contributed by atoms with E-state index >= 15 is 4.39 Å². The van der Waals surface area contributed by atoms with E-state index < -0.39 is 58.8 Å². The summed E-state index contributed by atoms with van der Waals surface area (Å²) in [6, 6.07) is 3.96. The standard InChI is InChI=1S/C29H32ClF3N2O4/c1-28(2,3)13-22-29(17-11-19(31)20(32)12-21(17)39-27(29)38)23(16-5-4-6-18(30)24(16)33)25(35-22)26(37)34-14-7-9-15(36)10-8-14/h4-6,11-12,14-15,22-23,25,35-36H,7-10,13H2,1-3H3,(H,34,37)/t14?,15?,22-,23+,25-,29+/m1/s1. The number of fused-ring (bicyclic) bond motifs is 2. The van der Waals surface area contributed by atoms with Gasteiger partial charge in [0, 0.05) is 29.6 Å². The van der Waals surface area contributed by atoms with Crippen molar-refractivity contribution in [3.8, 4) is 5.75 Å². The number of ether oxygens (including phenoxy) is 1. The molecule has 2 aromatic rings. The van der Waals surface area contributed by atoms with Gasteiger partial charge in [0.15, 0.2) is 11.6 Å². The lowest BCUT2D eigenvalue weighted by Crippen LogP contribution is -2.49. The number of nitrogens with one attached hydrogen (secondary N) is 2. The van der Waals surface area contributed by atoms with Crippen LogP contribution in [-0.2, 0) is 15.0 Å². The molecule has 210 valence electrons. The van der Waals surface area contributed by atoms with Gasteiger partial charge in [0.2, 0.25) is 5.91 Å². The summed E-state index contributed by atoms with van der Waals surface area (Å²) in [4.78, 5) is 27.8. The molecule has 1 saturated carbocycles. The molecule has 1 spiro atoms. The van der Waals surface area contributed by atoms with Gasteiger partial charge < -0.3 is 20.5 Å². The Morgan fingerprint density at radius 3 is 2.49 bits per heavy atom. The zero-order chi connectivity index (χ0) is 28.3. The summed E-state index contributed by atoms with van der Waals surface area (Å²) in [5.41, 5.74) is -2.06. The number of esters is 1. The van der Waals surface area contributed by atoms with E-state index in [1.807, 2.05) is 20.8 Å². The maximum absolute atomic E-state index is 15.7. The van der Waals surface area contributed by atoms with Crippen LogP contribution in [0.1, 0.15) is 69.9 Å². The molecule has 1 aliphatic carbocycles. The minimum atomic E-state index is -1.74. The van der Waals surface area contributed by atoms with Crippen LogP contribution in [0.15, 0.2) is 30.3 Å². The zero-order valence-electron chi connectivity index (χ0n) is 22.0. The SMILES string of the molecule is CC(C)(C)C[C@H]1N[C@@H](C(=O)NC2CCC(O)CC2)[C@H](c2cccc(Cl)c2F)[C@@]12C(=O)Oc1cc(F)c(F)cc12. The van der Waals surface area contributed by atoms with Gasteiger partial charge in [-0.1, -0.05) is 44.5 Å². The van der Waals surface area contributed by atoms with Crippen molar-refractivity contribution >= 4 is 23.5 Å². The molecule has 39 heavy (non-hydrogen) atoms. The Labute approximate surface area is 230 Å². The summed E-state index contributed by atoms with van der Waals surface area (Å²) < 4.78 is 50.2. The van der Waals surface area contributed by atoms with Gasteiger partial charge in [0.25, 0.3) is 0 Å². The molecule has 1 saturated heterocycles. The number of rotatable bonds is 4. The van der Waals surface area contributed by atoms with Crippen LogP contribution < -0.4 is 15.4 Å². The van der Waals surface area contributed by atoms with Gasteiger partial charge in [0.1, 0.15) is 17.0 Å². The van der Waals surface area contributed by atoms with Crippen LogP contribution in [0.4, 0.5) is 13.2 Å². The largest absolute Gasteiger partial charge is 0.425 e. The molecule has 0 bridgehead atoms. The van der Waals surface area contributed by atoms with Gasteiger partial charge >= 0.3 is 5.97 Å². The maximum Gasteiger partial charge on any atom is 0.324 e. The molecule has 2 aromatic carbocycles. The van der Waals surface area contributed by atoms with Gasteiger partial charge in [-0.15, -0.1) is 0 Å². The Bertz CT molecular complexity index is 1310. The average molecular weight is 565 g/mol. The van der Waals surface area contributed by atoms with Crippen molar-refractivity contribution < 1.29 is 32.6 Å². The molecular formula is C29H32ClF3N2O4. The Morgan fingerprint density at radius 1 is 1.15 bits per heavy atom. The van der Waals surface area contributed by atoms with Crippen molar-refractivity contribution in [1.82, 2.24) is 10.6 Å². The van der Waals surface area contributed by atoms with E-state index in [0.29, 0.717) is 32.1 Å². The third-order valence-electron chi connectivity index (χ3n) is 8.22. The third kappa shape index (κ3) is 4.83. The minimum Gasteiger partial charge on any atom is -0.425 e. The van der Waals surface area contributed by atoms with Crippen LogP contribution in [0.5, 0.6) is 5.75 Å². The van der Waals surface area contributed by atoms with Crippen LogP contribution in [0.3, 0.4) is 0 Å². The predicted molar refractivity (Wildman–Crippen MR) is 139 cm³/mol. The average Bonchev–Trinajstić information content (AvgIpc) is 3.32. The molecule has 5 rings (SSSR count). The molecule has 10 heteroatoms. The van der Waals surface area contributed by atoms with Crippen LogP contribution >= 0.6 is 11.6 Å². The van der Waals surface area contributed by atoms with Gasteiger partial charge in [-0.3, -0.25) is 9.59 Å². The Balaban J connectivity index is 1.69. The highest BCUT2D eigenvalue weighted by Gasteiger charge is 2.68. The molecule has 2 heterocycles. The van der Waals surface area contributed by atoms with Gasteiger partial charge in [0.05, 0.1) is 17.2 Å². The molecule has 3 N–H and O–H groups in total. The highest BCUT2D eigenvalue weighted by Crippen LogP contribution is 2.58. The molecule has 4 atom stereocenters. The molecule has 3 aliphatic rings. The van der Waals surface area contributed by atoms with Crippen molar-refractivity contribution in [2.45, 2.75) is 88.4 Å². The normalized spacial score (nSPS) is 30.4. The lowest BCUT2D eigenvalue weighted by molar-refractivity contribution is -0.139. The monoisotopic (exact) mass is 564 g/mol. The highest BCUT2D eigenvalue weighted by molar-refractivity contribution is 6.30. The van der Waals surface area contributed by atoms with Crippen molar-refractivity contribution in [3.63, 3.8) is 0 Å². The van der Waals surface area contributed by atoms with Crippen molar-refractivity contribution in [1.29, 1.82) is 0 Å². The Hall–Kier alpha value is -2.62. The first-order valence-corrected chi connectivity index (χ1v) is 13.6. The second kappa shape index (κ2) is 10.1. The van der Waals surface area contributed by atoms with Crippen LogP contribution in [0.25, 0.3) is 0 Å². The van der Waals surface area contributed by atoms with E-state index in [-0.39, 0.29) is 33.4 Å². The molecule has 2 aliphatic heterocycles. The lowest BCUT2D eigenvalue weighted by atomic mass is 9.62. The fraction of sp³-hybridized carbons (Fsp3) is 0.517. The van der Waals surface area contributed by atoms with E-state index in [1.54, 1.807) is 0 Å². The summed E-state index contributed by atoms with van der Waals surface area (Å²) >= 11 is 6.16. The van der Waals surface area contributed by atoms with Crippen molar-refractivity contribution in [3.05, 3.63) is 63.9 Å². The molecule has 0 aromatic heterocycles. The number of hydrogen-bond donors (Lipinski definition) is 3. The summed E-state index contributed by atoms with van der Waals surface area (Å²) in [5, 5.41) is 16.0. The van der Waals surface area contributed by atoms with Gasteiger partial charge in [-0.25, -0.2) is 13.2 Å². The van der Waals surface area contributed by atoms with E-state index in [4.69, 9.17) is 16.3 Å². The van der Waals surface area contributed by atoms with E-state index in [9.17, 15) is 23.5 Å². The lowest BCUT2D eigenvalue weighted by Gasteiger charge is -2.36. The fourth-order valence-electron chi connectivity index (χ4n) is 6.54. The molecule has 2 fully saturated rings. The quantitative estimate of drug-likeness (QED) is 0.363. The summed E-state index contributed by atoms with van der Waals surface area (Å²) in [6.07, 6.45) is 2.13. The van der Waals surface area contributed by atoms with E-state index in [1.165, 1.54) is 18.2 Å². The number of carbonyl (C=O) groups is 2. The molecule has 0 radical (unpaired) electrons. The predicted octanol–water partition coefficient (Wildman–Crippen LogP) is 4.89. The highest BCUT2D eigenvalue weighted by atomic mass is 35.5. The number of aliphatic hydroxyl groups excluding tert-OH is 1. The summed E-state index contributed by atoms with van der Waals surface area (Å²) in [7, 11) is 0. The zero-order valence-corrected chi connectivity index (χ0v) is 22.7. The number of benzene rings is 2. The Morgan fingerprint density at radius 2 is 1.82 bits per heavy atom. The smallest absolute Gasteiger partial charge is 0.324 e. The number of hydrogen-bond acceptors (Lipinski definition) is 5. The van der Waals surface area contributed by atoms with Crippen molar-refractivity contribution in [2.24, 2.45) is 5.41 Å². The molecular weight excluding hydrogens is 533 g/mol. The fourth-order valence-corrected chi connectivity index (χ4v) is 6.72. The Kier molecular flexibility index (Phi) is 7.23.